The van der Waals surface area contributed by atoms with Crippen molar-refractivity contribution in [3.05, 3.63) is 58.1 Å². The van der Waals surface area contributed by atoms with E-state index in [2.05, 4.69) is 15.4 Å². The summed E-state index contributed by atoms with van der Waals surface area (Å²) in [6.45, 7) is 9.12. The maximum absolute atomic E-state index is 14.6. The normalized spacial score (nSPS) is 20.6. The summed E-state index contributed by atoms with van der Waals surface area (Å²) < 4.78 is 64.0. The first kappa shape index (κ1) is 51.5. The Morgan fingerprint density at radius 1 is 0.831 bits per heavy atom. The molecular weight excluding hydrogens is 873 g/mol. The van der Waals surface area contributed by atoms with Crippen LogP contribution in [0.5, 0.6) is 5.75 Å². The number of hydrogen-bond acceptors (Lipinski definition) is 16. The molecule has 0 aliphatic carbocycles. The molecule has 0 radical (unpaired) electrons. The van der Waals surface area contributed by atoms with E-state index < -0.39 is 107 Å². The Hall–Kier alpha value is -6.13. The fraction of sp³-hybridized carbons (Fsp3) is 0.535. The Bertz CT molecular complexity index is 2250. The Morgan fingerprint density at radius 3 is 1.97 bits per heavy atom. The summed E-state index contributed by atoms with van der Waals surface area (Å²) >= 11 is 0. The lowest BCUT2D eigenvalue weighted by molar-refractivity contribution is -0.257. The minimum absolute atomic E-state index is 0.0639. The fourth-order valence-electron chi connectivity index (χ4n) is 7.69. The van der Waals surface area contributed by atoms with Gasteiger partial charge in [-0.2, -0.15) is 4.72 Å². The second-order valence-corrected chi connectivity index (χ2v) is 17.5. The minimum Gasteiger partial charge on any atom is -0.496 e. The topological polar surface area (TPSA) is 298 Å². The number of nitrogen functional groups attached to an aromatic ring is 1. The van der Waals surface area contributed by atoms with Crippen LogP contribution in [-0.4, -0.2) is 130 Å². The average Bonchev–Trinajstić information content (AvgIpc) is 3.22. The van der Waals surface area contributed by atoms with E-state index >= 15 is 0 Å². The summed E-state index contributed by atoms with van der Waals surface area (Å²) in [5.74, 6) is -5.88. The van der Waals surface area contributed by atoms with Gasteiger partial charge in [0.25, 0.3) is 0 Å². The summed E-state index contributed by atoms with van der Waals surface area (Å²) in [5.41, 5.74) is 7.67. The van der Waals surface area contributed by atoms with Gasteiger partial charge in [0.2, 0.25) is 27.7 Å². The number of sulfonamides is 1. The molecule has 356 valence electrons. The number of nitrogens with two attached hydrogens (primary N) is 1. The standard InChI is InChI=1S/C43H58N6O15S/c1-22-18-33(59-8)23(2)24(3)39(22)65(57,58)48-31(41(55)46-32(43(56)49-16-10-9-11-17-49)19-29-12-14-30(15-13-29)40(44)45)20-35(54)47-42-38(63-28(7)53)37(62-27(6)52)36(61-26(5)51)34(64-42)21-60-25(4)50/h12-15,18,31-32,34,36-38,42,48H,9-11,16-17,19-21H2,1-8H3,(H3,44,45)(H,46,55)(H,47,54)/t31-,32+,34+,36+,37-,38+,42+/m0/s1. The molecule has 2 heterocycles. The van der Waals surface area contributed by atoms with Crippen LogP contribution in [0, 0.1) is 26.2 Å². The molecule has 2 aromatic carbocycles. The van der Waals surface area contributed by atoms with Gasteiger partial charge >= 0.3 is 23.9 Å². The monoisotopic (exact) mass is 930 g/mol. The van der Waals surface area contributed by atoms with Gasteiger partial charge in [0.15, 0.2) is 24.5 Å². The zero-order valence-electron chi connectivity index (χ0n) is 37.6. The third kappa shape index (κ3) is 13.9. The van der Waals surface area contributed by atoms with E-state index in [0.717, 1.165) is 47.0 Å². The van der Waals surface area contributed by atoms with Crippen molar-refractivity contribution in [3.63, 3.8) is 0 Å². The Morgan fingerprint density at radius 2 is 1.42 bits per heavy atom. The predicted octanol–water partition coefficient (Wildman–Crippen LogP) is 0.881. The number of ether oxygens (including phenoxy) is 6. The summed E-state index contributed by atoms with van der Waals surface area (Å²) in [5, 5.41) is 12.9. The van der Waals surface area contributed by atoms with Crippen LogP contribution in [-0.2, 0) is 73.7 Å². The average molecular weight is 931 g/mol. The van der Waals surface area contributed by atoms with E-state index in [9.17, 15) is 42.0 Å². The number of nitrogens with one attached hydrogen (secondary N) is 4. The summed E-state index contributed by atoms with van der Waals surface area (Å²) in [6, 6.07) is 4.76. The SMILES string of the molecule is COc1cc(C)c(S(=O)(=O)N[C@@H](CC(=O)N[C@@H]2O[C@H](COC(C)=O)[C@@H](OC(C)=O)[C@H](OC(C)=O)[C@H]2OC(C)=O)C(=O)N[C@H](Cc2ccc(C(=N)N)cc2)C(=O)N2CCCCC2)c(C)c1C. The highest BCUT2D eigenvalue weighted by Gasteiger charge is 2.53. The molecule has 4 rings (SSSR count). The number of hydrogen-bond donors (Lipinski definition) is 5. The molecule has 0 unspecified atom stereocenters. The predicted molar refractivity (Wildman–Crippen MR) is 230 cm³/mol. The van der Waals surface area contributed by atoms with Crippen molar-refractivity contribution in [2.24, 2.45) is 5.73 Å². The number of aryl methyl sites for hydroxylation is 1. The number of methoxy groups -OCH3 is 1. The van der Waals surface area contributed by atoms with Crippen LogP contribution < -0.4 is 25.8 Å². The molecule has 65 heavy (non-hydrogen) atoms. The van der Waals surface area contributed by atoms with E-state index in [4.69, 9.17) is 39.6 Å². The lowest BCUT2D eigenvalue weighted by Gasteiger charge is -2.44. The number of benzene rings is 2. The van der Waals surface area contributed by atoms with Gasteiger partial charge in [0.1, 0.15) is 36.4 Å². The maximum Gasteiger partial charge on any atom is 0.303 e. The van der Waals surface area contributed by atoms with Crippen molar-refractivity contribution in [1.82, 2.24) is 20.3 Å². The van der Waals surface area contributed by atoms with Gasteiger partial charge in [-0.3, -0.25) is 39.0 Å². The van der Waals surface area contributed by atoms with Crippen molar-refractivity contribution in [2.45, 2.75) is 128 Å². The molecule has 22 heteroatoms. The highest BCUT2D eigenvalue weighted by molar-refractivity contribution is 7.89. The third-order valence-electron chi connectivity index (χ3n) is 10.8. The molecule has 2 aromatic rings. The summed E-state index contributed by atoms with van der Waals surface area (Å²) in [6.07, 6.45) is -6.75. The van der Waals surface area contributed by atoms with Gasteiger partial charge < -0.3 is 49.7 Å². The minimum atomic E-state index is -4.66. The first-order valence-corrected chi connectivity index (χ1v) is 22.3. The molecule has 2 aliphatic heterocycles. The number of carbonyl (C=O) groups excluding carboxylic acids is 7. The molecule has 2 saturated heterocycles. The fourth-order valence-corrected chi connectivity index (χ4v) is 9.41. The van der Waals surface area contributed by atoms with Crippen LogP contribution in [0.1, 0.15) is 81.2 Å². The number of rotatable bonds is 18. The molecule has 2 aliphatic rings. The molecule has 0 saturated carbocycles. The van der Waals surface area contributed by atoms with Crippen LogP contribution in [0.25, 0.3) is 0 Å². The maximum atomic E-state index is 14.6. The zero-order valence-corrected chi connectivity index (χ0v) is 38.5. The van der Waals surface area contributed by atoms with E-state index in [1.54, 1.807) is 43.0 Å². The first-order chi connectivity index (χ1) is 30.5. The lowest BCUT2D eigenvalue weighted by Crippen LogP contribution is -2.66. The zero-order chi connectivity index (χ0) is 48.3. The Labute approximate surface area is 377 Å². The number of amidine groups is 1. The van der Waals surface area contributed by atoms with Crippen molar-refractivity contribution in [1.29, 1.82) is 5.41 Å². The molecule has 0 bridgehead atoms. The molecule has 0 spiro atoms. The quantitative estimate of drug-likeness (QED) is 0.0600. The number of likely N-dealkylation sites (tertiary alicyclic amines) is 1. The summed E-state index contributed by atoms with van der Waals surface area (Å²) in [7, 11) is -3.23. The van der Waals surface area contributed by atoms with Gasteiger partial charge in [0.05, 0.1) is 18.4 Å². The van der Waals surface area contributed by atoms with Gasteiger partial charge in [-0.1, -0.05) is 24.3 Å². The molecule has 21 nitrogen and oxygen atoms in total. The second-order valence-electron chi connectivity index (χ2n) is 15.8. The van der Waals surface area contributed by atoms with E-state index in [1.165, 1.54) is 20.1 Å². The smallest absolute Gasteiger partial charge is 0.303 e. The number of carbonyl (C=O) groups is 7. The molecule has 3 amide bonds. The van der Waals surface area contributed by atoms with Crippen LogP contribution in [0.3, 0.4) is 0 Å². The van der Waals surface area contributed by atoms with Gasteiger partial charge in [0, 0.05) is 52.8 Å². The van der Waals surface area contributed by atoms with Crippen molar-refractivity contribution < 1.29 is 70.4 Å². The highest BCUT2D eigenvalue weighted by Crippen LogP contribution is 2.32. The molecular formula is C43H58N6O15S. The molecule has 7 atom stereocenters. The number of piperidine rings is 1. The van der Waals surface area contributed by atoms with Gasteiger partial charge in [-0.15, -0.1) is 0 Å². The largest absolute Gasteiger partial charge is 0.496 e. The molecule has 6 N–H and O–H groups in total. The van der Waals surface area contributed by atoms with Gasteiger partial charge in [-0.25, -0.2) is 8.42 Å². The van der Waals surface area contributed by atoms with Crippen molar-refractivity contribution in [3.8, 4) is 5.75 Å². The Kier molecular flexibility index (Phi) is 18.0. The molecule has 0 aromatic heterocycles. The summed E-state index contributed by atoms with van der Waals surface area (Å²) in [4.78, 5) is 93.2. The third-order valence-corrected chi connectivity index (χ3v) is 12.5. The van der Waals surface area contributed by atoms with Crippen LogP contribution >= 0.6 is 0 Å². The van der Waals surface area contributed by atoms with Crippen LogP contribution in [0.4, 0.5) is 0 Å². The van der Waals surface area contributed by atoms with Crippen LogP contribution in [0.2, 0.25) is 0 Å². The van der Waals surface area contributed by atoms with E-state index in [0.29, 0.717) is 41.1 Å². The number of nitrogens with zero attached hydrogens (tertiary/aromatic N) is 1. The van der Waals surface area contributed by atoms with E-state index in [1.807, 2.05) is 0 Å². The number of amides is 3. The van der Waals surface area contributed by atoms with Gasteiger partial charge in [-0.05, 0) is 68.4 Å². The highest BCUT2D eigenvalue weighted by atomic mass is 32.2. The first-order valence-electron chi connectivity index (χ1n) is 20.8. The molecule has 2 fully saturated rings. The van der Waals surface area contributed by atoms with Crippen molar-refractivity contribution in [2.75, 3.05) is 26.8 Å². The van der Waals surface area contributed by atoms with E-state index in [-0.39, 0.29) is 22.7 Å². The number of esters is 4. The van der Waals surface area contributed by atoms with Crippen LogP contribution in [0.15, 0.2) is 35.2 Å². The second kappa shape index (κ2) is 22.7. The van der Waals surface area contributed by atoms with Crippen molar-refractivity contribution >= 4 is 57.5 Å². The lowest BCUT2D eigenvalue weighted by atomic mass is 9.97. The Balaban J connectivity index is 1.77.